The highest BCUT2D eigenvalue weighted by atomic mass is 35.5. The maximum atomic E-state index is 12.2. The average molecular weight is 433 g/mol. The van der Waals surface area contributed by atoms with E-state index < -0.39 is 0 Å². The number of aromatic nitrogens is 2. The Morgan fingerprint density at radius 3 is 2.54 bits per heavy atom. The fourth-order valence-corrected chi connectivity index (χ4v) is 4.00. The van der Waals surface area contributed by atoms with E-state index in [4.69, 9.17) is 11.6 Å². The van der Waals surface area contributed by atoms with Crippen LogP contribution in [0, 0.1) is 0 Å². The van der Waals surface area contributed by atoms with E-state index >= 15 is 0 Å². The Kier molecular flexibility index (Phi) is 7.02. The van der Waals surface area contributed by atoms with Gasteiger partial charge in [-0.15, -0.1) is 10.2 Å². The molecule has 0 aliphatic rings. The third kappa shape index (κ3) is 5.79. The van der Waals surface area contributed by atoms with Gasteiger partial charge in [0.25, 0.3) is 5.91 Å². The molecule has 1 aromatic heterocycles. The molecule has 28 heavy (non-hydrogen) atoms. The van der Waals surface area contributed by atoms with Crippen molar-refractivity contribution in [1.82, 2.24) is 15.5 Å². The fourth-order valence-electron chi connectivity index (χ4n) is 2.31. The van der Waals surface area contributed by atoms with E-state index in [9.17, 15) is 9.59 Å². The quantitative estimate of drug-likeness (QED) is 0.540. The first-order chi connectivity index (χ1) is 13.5. The summed E-state index contributed by atoms with van der Waals surface area (Å²) in [6, 6.07) is 16.4. The summed E-state index contributed by atoms with van der Waals surface area (Å²) < 4.78 is 0.559. The molecule has 0 saturated heterocycles. The topological polar surface area (TPSA) is 84.0 Å². The number of amides is 2. The lowest BCUT2D eigenvalue weighted by atomic mass is 10.1. The van der Waals surface area contributed by atoms with Crippen molar-refractivity contribution in [3.8, 4) is 0 Å². The van der Waals surface area contributed by atoms with Crippen LogP contribution in [0.4, 0.5) is 5.69 Å². The molecule has 3 rings (SSSR count). The first-order valence-corrected chi connectivity index (χ1v) is 10.6. The van der Waals surface area contributed by atoms with Crippen LogP contribution in [-0.4, -0.2) is 27.8 Å². The van der Waals surface area contributed by atoms with Gasteiger partial charge in [0.05, 0.1) is 11.8 Å². The van der Waals surface area contributed by atoms with Crippen LogP contribution in [0.3, 0.4) is 0 Å². The van der Waals surface area contributed by atoms with E-state index in [0.717, 1.165) is 16.9 Å². The normalized spacial score (nSPS) is 11.6. The zero-order valence-corrected chi connectivity index (χ0v) is 17.3. The molecule has 2 N–H and O–H groups in total. The van der Waals surface area contributed by atoms with E-state index in [1.165, 1.54) is 11.8 Å². The molecule has 0 radical (unpaired) electrons. The van der Waals surface area contributed by atoms with Gasteiger partial charge in [-0.1, -0.05) is 65.0 Å². The molecular weight excluding hydrogens is 416 g/mol. The Hall–Kier alpha value is -2.42. The van der Waals surface area contributed by atoms with Gasteiger partial charge in [-0.2, -0.15) is 0 Å². The molecule has 0 saturated carbocycles. The number of nitrogens with one attached hydrogen (secondary N) is 2. The maximum Gasteiger partial charge on any atom is 0.286 e. The molecule has 0 bridgehead atoms. The van der Waals surface area contributed by atoms with E-state index in [0.29, 0.717) is 15.0 Å². The van der Waals surface area contributed by atoms with Crippen molar-refractivity contribution in [2.75, 3.05) is 11.1 Å². The number of thioether (sulfide) groups is 1. The van der Waals surface area contributed by atoms with Crippen LogP contribution in [0.15, 0.2) is 58.9 Å². The third-order valence-corrected chi connectivity index (χ3v) is 6.01. The summed E-state index contributed by atoms with van der Waals surface area (Å²) in [5.74, 6) is -0.262. The van der Waals surface area contributed by atoms with Gasteiger partial charge in [-0.05, 0) is 36.8 Å². The summed E-state index contributed by atoms with van der Waals surface area (Å²) in [6.07, 6.45) is 0. The molecule has 1 atom stereocenters. The van der Waals surface area contributed by atoms with E-state index in [1.807, 2.05) is 37.3 Å². The monoisotopic (exact) mass is 432 g/mol. The second kappa shape index (κ2) is 9.68. The number of carbonyl (C=O) groups is 2. The molecule has 1 heterocycles. The largest absolute Gasteiger partial charge is 0.349 e. The van der Waals surface area contributed by atoms with Gasteiger partial charge in [0, 0.05) is 10.7 Å². The number of halogens is 1. The molecule has 0 fully saturated rings. The molecule has 0 aliphatic carbocycles. The molecular formula is C19H17ClN4O2S2. The van der Waals surface area contributed by atoms with Crippen LogP contribution in [0.1, 0.15) is 28.3 Å². The number of anilines is 1. The van der Waals surface area contributed by atoms with Crippen molar-refractivity contribution in [2.24, 2.45) is 0 Å². The minimum absolute atomic E-state index is 0.0792. The minimum atomic E-state index is -0.353. The van der Waals surface area contributed by atoms with Crippen LogP contribution in [0.5, 0.6) is 0 Å². The number of hydrogen-bond acceptors (Lipinski definition) is 6. The van der Waals surface area contributed by atoms with Crippen LogP contribution in [0.2, 0.25) is 5.02 Å². The van der Waals surface area contributed by atoms with Crippen LogP contribution >= 0.6 is 34.7 Å². The smallest absolute Gasteiger partial charge is 0.286 e. The first kappa shape index (κ1) is 20.3. The van der Waals surface area contributed by atoms with Gasteiger partial charge in [0.2, 0.25) is 10.9 Å². The standard InChI is InChI=1S/C19H17ClN4O2S2/c1-12(13-5-3-2-4-6-13)21-16(25)11-27-19-24-23-18(28-19)17(26)22-15-9-7-14(20)8-10-15/h2-10,12H,11H2,1H3,(H,21,25)(H,22,26)/t12-/m0/s1. The van der Waals surface area contributed by atoms with Gasteiger partial charge in [0.1, 0.15) is 0 Å². The molecule has 9 heteroatoms. The van der Waals surface area contributed by atoms with Gasteiger partial charge in [-0.25, -0.2) is 0 Å². The van der Waals surface area contributed by atoms with E-state index in [-0.39, 0.29) is 28.6 Å². The lowest BCUT2D eigenvalue weighted by Crippen LogP contribution is -2.28. The summed E-state index contributed by atoms with van der Waals surface area (Å²) in [5.41, 5.74) is 1.66. The highest BCUT2D eigenvalue weighted by Gasteiger charge is 2.15. The summed E-state index contributed by atoms with van der Waals surface area (Å²) >= 11 is 8.22. The second-order valence-corrected chi connectivity index (χ2v) is 8.46. The number of hydrogen-bond donors (Lipinski definition) is 2. The zero-order chi connectivity index (χ0) is 19.9. The van der Waals surface area contributed by atoms with Crippen molar-refractivity contribution >= 4 is 52.2 Å². The molecule has 2 amide bonds. The molecule has 6 nitrogen and oxygen atoms in total. The summed E-state index contributed by atoms with van der Waals surface area (Å²) in [6.45, 7) is 1.93. The first-order valence-electron chi connectivity index (χ1n) is 8.39. The number of rotatable bonds is 7. The molecule has 3 aromatic rings. The lowest BCUT2D eigenvalue weighted by molar-refractivity contribution is -0.119. The SMILES string of the molecule is C[C@H](NC(=O)CSc1nnc(C(=O)Nc2ccc(Cl)cc2)s1)c1ccccc1. The highest BCUT2D eigenvalue weighted by molar-refractivity contribution is 8.01. The second-order valence-electron chi connectivity index (χ2n) is 5.82. The van der Waals surface area contributed by atoms with Crippen molar-refractivity contribution in [3.63, 3.8) is 0 Å². The Morgan fingerprint density at radius 1 is 1.11 bits per heavy atom. The lowest BCUT2D eigenvalue weighted by Gasteiger charge is -2.13. The Balaban J connectivity index is 1.49. The van der Waals surface area contributed by atoms with Gasteiger partial charge in [-0.3, -0.25) is 9.59 Å². The number of benzene rings is 2. The van der Waals surface area contributed by atoms with Crippen molar-refractivity contribution < 1.29 is 9.59 Å². The summed E-state index contributed by atoms with van der Waals surface area (Å²) in [4.78, 5) is 24.4. The predicted octanol–water partition coefficient (Wildman–Crippen LogP) is 4.41. The summed E-state index contributed by atoms with van der Waals surface area (Å²) in [7, 11) is 0. The highest BCUT2D eigenvalue weighted by Crippen LogP contribution is 2.23. The van der Waals surface area contributed by atoms with E-state index in [2.05, 4.69) is 20.8 Å². The van der Waals surface area contributed by atoms with Gasteiger partial charge in [0.15, 0.2) is 4.34 Å². The van der Waals surface area contributed by atoms with Gasteiger partial charge >= 0.3 is 0 Å². The van der Waals surface area contributed by atoms with Crippen molar-refractivity contribution in [1.29, 1.82) is 0 Å². The van der Waals surface area contributed by atoms with E-state index in [1.54, 1.807) is 24.3 Å². The molecule has 144 valence electrons. The Morgan fingerprint density at radius 2 is 1.82 bits per heavy atom. The molecule has 2 aromatic carbocycles. The third-order valence-electron chi connectivity index (χ3n) is 3.71. The van der Waals surface area contributed by atoms with Gasteiger partial charge < -0.3 is 10.6 Å². The summed E-state index contributed by atoms with van der Waals surface area (Å²) in [5, 5.41) is 14.4. The predicted molar refractivity (Wildman–Crippen MR) is 113 cm³/mol. The van der Waals surface area contributed by atoms with Crippen LogP contribution in [-0.2, 0) is 4.79 Å². The Bertz CT molecular complexity index is 948. The molecule has 0 spiro atoms. The zero-order valence-electron chi connectivity index (χ0n) is 14.9. The minimum Gasteiger partial charge on any atom is -0.349 e. The van der Waals surface area contributed by atoms with Crippen LogP contribution < -0.4 is 10.6 Å². The van der Waals surface area contributed by atoms with Crippen LogP contribution in [0.25, 0.3) is 0 Å². The average Bonchev–Trinajstić information content (AvgIpc) is 3.18. The Labute approximate surface area is 175 Å². The molecule has 0 unspecified atom stereocenters. The van der Waals surface area contributed by atoms with Crippen molar-refractivity contribution in [2.45, 2.75) is 17.3 Å². The van der Waals surface area contributed by atoms with Crippen molar-refractivity contribution in [3.05, 3.63) is 70.2 Å². The fraction of sp³-hybridized carbons (Fsp3) is 0.158. The number of nitrogens with zero attached hydrogens (tertiary/aromatic N) is 2. The molecule has 0 aliphatic heterocycles. The maximum absolute atomic E-state index is 12.2. The number of carbonyl (C=O) groups excluding carboxylic acids is 2.